The monoisotopic (exact) mass is 896 g/mol. The van der Waals surface area contributed by atoms with E-state index >= 15 is 0 Å². The molecule has 0 radical (unpaired) electrons. The van der Waals surface area contributed by atoms with E-state index in [1.807, 2.05) is 26.0 Å². The molecule has 2 heterocycles. The number of aliphatic carboxylic acids is 1. The average Bonchev–Trinajstić information content (AvgIpc) is 3.56. The van der Waals surface area contributed by atoms with Crippen molar-refractivity contribution in [3.05, 3.63) is 41.0 Å². The van der Waals surface area contributed by atoms with Gasteiger partial charge in [-0.15, -0.1) is 0 Å². The van der Waals surface area contributed by atoms with Gasteiger partial charge in [0.1, 0.15) is 6.10 Å². The van der Waals surface area contributed by atoms with Gasteiger partial charge in [0.05, 0.1) is 25.0 Å². The number of piperidine rings is 1. The second kappa shape index (κ2) is 16.8. The maximum Gasteiger partial charge on any atom is 0.309 e. The zero-order chi connectivity index (χ0) is 46.5. The van der Waals surface area contributed by atoms with Crippen LogP contribution in [0.25, 0.3) is 0 Å². The highest BCUT2D eigenvalue weighted by Crippen LogP contribution is 2.77. The van der Waals surface area contributed by atoms with Gasteiger partial charge < -0.3 is 24.8 Å². The number of carbonyl (C=O) groups is 4. The van der Waals surface area contributed by atoms with Crippen LogP contribution in [0.2, 0.25) is 0 Å². The number of esters is 1. The van der Waals surface area contributed by atoms with Crippen molar-refractivity contribution in [2.24, 2.45) is 68.0 Å². The van der Waals surface area contributed by atoms with Gasteiger partial charge in [0.2, 0.25) is 0 Å². The van der Waals surface area contributed by atoms with Crippen molar-refractivity contribution in [3.63, 3.8) is 0 Å². The van der Waals surface area contributed by atoms with Crippen molar-refractivity contribution in [1.82, 2.24) is 10.2 Å². The van der Waals surface area contributed by atoms with E-state index in [4.69, 9.17) is 9.47 Å². The first-order chi connectivity index (χ1) is 30.7. The van der Waals surface area contributed by atoms with Crippen LogP contribution >= 0.6 is 0 Å². The number of carbonyl (C=O) groups excluding carboxylic acids is 3. The fraction of sp³-hybridized carbons (Fsp3) is 0.782. The predicted octanol–water partition coefficient (Wildman–Crippen LogP) is 9.75. The van der Waals surface area contributed by atoms with Crippen molar-refractivity contribution >= 4 is 29.3 Å². The van der Waals surface area contributed by atoms with Crippen LogP contribution in [0, 0.1) is 68.0 Å². The molecule has 65 heavy (non-hydrogen) atoms. The summed E-state index contributed by atoms with van der Waals surface area (Å²) in [6.45, 7) is 27.0. The largest absolute Gasteiger partial charge is 0.481 e. The Labute approximate surface area is 389 Å². The Balaban J connectivity index is 0.866. The Kier molecular flexibility index (Phi) is 12.1. The fourth-order valence-electron chi connectivity index (χ4n) is 17.0. The van der Waals surface area contributed by atoms with E-state index < -0.39 is 17.3 Å². The summed E-state index contributed by atoms with van der Waals surface area (Å²) in [4.78, 5) is 58.5. The van der Waals surface area contributed by atoms with E-state index in [9.17, 15) is 24.3 Å². The highest BCUT2D eigenvalue weighted by atomic mass is 16.5. The summed E-state index contributed by atoms with van der Waals surface area (Å²) < 4.78 is 12.0. The first-order valence-electron chi connectivity index (χ1n) is 25.8. The fourth-order valence-corrected chi connectivity index (χ4v) is 17.0. The molecular weight excluding hydrogens is 815 g/mol. The molecule has 10 nitrogen and oxygen atoms in total. The molecule has 358 valence electrons. The number of Topliss-reactive ketones (excluding diaryl/α,β-unsaturated/α-hetero) is 1. The third-order valence-electron chi connectivity index (χ3n) is 21.0. The number of hydrogen-bond acceptors (Lipinski definition) is 8. The molecule has 10 heteroatoms. The number of rotatable bonds is 10. The Hall–Kier alpha value is -3.24. The zero-order valence-electron chi connectivity index (χ0n) is 41.4. The molecule has 1 aromatic carbocycles. The molecule has 2 aliphatic heterocycles. The lowest BCUT2D eigenvalue weighted by Gasteiger charge is -2.72. The van der Waals surface area contributed by atoms with Crippen LogP contribution in [0.15, 0.2) is 35.4 Å². The van der Waals surface area contributed by atoms with E-state index in [1.54, 1.807) is 0 Å². The number of amides is 1. The number of benzene rings is 1. The second-order valence-corrected chi connectivity index (χ2v) is 24.7. The molecule has 1 amide bonds. The molecule has 0 spiro atoms. The topological polar surface area (TPSA) is 125 Å². The molecule has 5 saturated carbocycles. The Morgan fingerprint density at radius 3 is 2.14 bits per heavy atom. The number of fused-ring (bicyclic) bond motifs is 7. The number of nitrogens with zero attached hydrogens (tertiary/aromatic N) is 2. The molecule has 7 fully saturated rings. The van der Waals surface area contributed by atoms with Crippen molar-refractivity contribution < 1.29 is 33.8 Å². The molecule has 6 aliphatic carbocycles. The minimum Gasteiger partial charge on any atom is -0.481 e. The first-order valence-corrected chi connectivity index (χ1v) is 25.8. The van der Waals surface area contributed by atoms with Gasteiger partial charge in [0.15, 0.2) is 5.78 Å². The summed E-state index contributed by atoms with van der Waals surface area (Å²) in [7, 11) is 0. The lowest BCUT2D eigenvalue weighted by Crippen LogP contribution is -2.66. The molecule has 2 saturated heterocycles. The van der Waals surface area contributed by atoms with Crippen LogP contribution in [0.3, 0.4) is 0 Å². The van der Waals surface area contributed by atoms with Gasteiger partial charge in [-0.3, -0.25) is 24.1 Å². The third-order valence-corrected chi connectivity index (χ3v) is 21.0. The van der Waals surface area contributed by atoms with E-state index in [1.165, 1.54) is 11.3 Å². The number of hydrogen-bond donors (Lipinski definition) is 2. The SMILES string of the molecule is CC(C)C1=C2[C@H]3CC[C@@H]4[C@@]5(C)CC[C@H](OC(=O)[C@H]6C[C@@H](C(=O)O)C6(C)C)C(C)(C)[C@@H]5CC[C@@]4(C)[C@]3(C)CC[C@@]2(CCNC(=O)c2ccc(N3CCC(N4CCOCC4)CC3)cc2)CC1=O. The summed E-state index contributed by atoms with van der Waals surface area (Å²) in [6.07, 6.45) is 12.2. The maximum atomic E-state index is 14.3. The van der Waals surface area contributed by atoms with Gasteiger partial charge in [0.25, 0.3) is 5.91 Å². The number of carboxylic acids is 1. The van der Waals surface area contributed by atoms with E-state index in [0.717, 1.165) is 116 Å². The van der Waals surface area contributed by atoms with Crippen LogP contribution in [0.5, 0.6) is 0 Å². The Bertz CT molecular complexity index is 2060. The van der Waals surface area contributed by atoms with Crippen LogP contribution in [0.1, 0.15) is 156 Å². The minimum atomic E-state index is -0.825. The zero-order valence-corrected chi connectivity index (χ0v) is 41.4. The van der Waals surface area contributed by atoms with E-state index in [2.05, 4.69) is 75.7 Å². The maximum absolute atomic E-state index is 14.3. The Morgan fingerprint density at radius 1 is 0.800 bits per heavy atom. The average molecular weight is 896 g/mol. The molecule has 0 bridgehead atoms. The van der Waals surface area contributed by atoms with E-state index in [0.29, 0.717) is 54.5 Å². The Morgan fingerprint density at radius 2 is 1.49 bits per heavy atom. The lowest BCUT2D eigenvalue weighted by molar-refractivity contribution is -0.236. The number of carboxylic acid groups (broad SMARTS) is 1. The lowest BCUT2D eigenvalue weighted by atomic mass is 9.33. The standard InChI is InChI=1S/C55H81N3O7/c1-34(2)45-41(59)33-55(24-25-56-47(60)35-10-12-36(13-11-35)57-26-18-37(19-27-57)58-28-30-64-31-29-58)23-22-53(8)38(46(45)55)14-15-43-52(7)20-17-44(51(5,6)42(52)16-21-54(43,53)9)65-49(63)40-32-39(48(61)62)50(40,3)4/h10-13,34,37-40,42-44H,14-33H2,1-9H3,(H,56,60)(H,61,62)/t38-,39+,40-,42+,43-,44+,52+,53-,54-,55-/m1/s1. The summed E-state index contributed by atoms with van der Waals surface area (Å²) in [5.74, 6) is -0.205. The number of ketones is 1. The van der Waals surface area contributed by atoms with Crippen molar-refractivity contribution in [1.29, 1.82) is 0 Å². The number of morpholine rings is 1. The summed E-state index contributed by atoms with van der Waals surface area (Å²) in [6, 6.07) is 8.81. The first kappa shape index (κ1) is 46.9. The number of ether oxygens (including phenoxy) is 2. The molecule has 0 unspecified atom stereocenters. The summed E-state index contributed by atoms with van der Waals surface area (Å²) >= 11 is 0. The molecule has 10 atom stereocenters. The number of nitrogens with one attached hydrogen (secondary N) is 1. The van der Waals surface area contributed by atoms with Crippen LogP contribution in [0.4, 0.5) is 5.69 Å². The van der Waals surface area contributed by atoms with Gasteiger partial charge >= 0.3 is 11.9 Å². The van der Waals surface area contributed by atoms with Gasteiger partial charge in [0, 0.05) is 67.3 Å². The summed E-state index contributed by atoms with van der Waals surface area (Å²) in [5, 5.41) is 13.0. The third kappa shape index (κ3) is 7.45. The highest BCUT2D eigenvalue weighted by Gasteiger charge is 2.70. The van der Waals surface area contributed by atoms with Crippen LogP contribution in [-0.4, -0.2) is 91.7 Å². The van der Waals surface area contributed by atoms with Crippen LogP contribution in [-0.2, 0) is 23.9 Å². The molecule has 8 aliphatic rings. The molecule has 9 rings (SSSR count). The molecule has 1 aromatic rings. The molecule has 2 N–H and O–H groups in total. The van der Waals surface area contributed by atoms with Crippen molar-refractivity contribution in [2.75, 3.05) is 50.8 Å². The van der Waals surface area contributed by atoms with Gasteiger partial charge in [-0.1, -0.05) is 67.9 Å². The highest BCUT2D eigenvalue weighted by molar-refractivity contribution is 6.00. The van der Waals surface area contributed by atoms with Crippen molar-refractivity contribution in [2.45, 2.75) is 158 Å². The van der Waals surface area contributed by atoms with Gasteiger partial charge in [-0.2, -0.15) is 0 Å². The minimum absolute atomic E-state index is 0.0392. The molecule has 0 aromatic heterocycles. The predicted molar refractivity (Wildman–Crippen MR) is 253 cm³/mol. The quantitative estimate of drug-likeness (QED) is 0.221. The second-order valence-electron chi connectivity index (χ2n) is 24.7. The van der Waals surface area contributed by atoms with Gasteiger partial charge in [-0.05, 0) is 152 Å². The van der Waals surface area contributed by atoms with Crippen LogP contribution < -0.4 is 10.2 Å². The summed E-state index contributed by atoms with van der Waals surface area (Å²) in [5.41, 5.74) is 3.62. The van der Waals surface area contributed by atoms with Gasteiger partial charge in [-0.25, -0.2) is 0 Å². The number of allylic oxidation sites excluding steroid dienone is 2. The normalized spacial score (nSPS) is 39.1. The van der Waals surface area contributed by atoms with E-state index in [-0.39, 0.29) is 56.9 Å². The molecular formula is C55H81N3O7. The smallest absolute Gasteiger partial charge is 0.309 e. The number of anilines is 1. The van der Waals surface area contributed by atoms with Crippen molar-refractivity contribution in [3.8, 4) is 0 Å².